The lowest BCUT2D eigenvalue weighted by molar-refractivity contribution is 0.0527. The lowest BCUT2D eigenvalue weighted by atomic mass is 10.2. The van der Waals surface area contributed by atoms with Crippen LogP contribution in [0.3, 0.4) is 0 Å². The van der Waals surface area contributed by atoms with Crippen LogP contribution in [0.5, 0.6) is 0 Å². The van der Waals surface area contributed by atoms with Gasteiger partial charge in [0, 0.05) is 24.9 Å². The average molecular weight is 368 g/mol. The number of aryl methyl sites for hydroxylation is 2. The van der Waals surface area contributed by atoms with Crippen LogP contribution in [-0.2, 0) is 17.7 Å². The average Bonchev–Trinajstić information content (AvgIpc) is 2.95. The summed E-state index contributed by atoms with van der Waals surface area (Å²) in [6, 6.07) is 8.15. The van der Waals surface area contributed by atoms with Gasteiger partial charge in [0.05, 0.1) is 17.2 Å². The fourth-order valence-corrected chi connectivity index (χ4v) is 3.21. The highest BCUT2D eigenvalue weighted by Crippen LogP contribution is 2.25. The summed E-state index contributed by atoms with van der Waals surface area (Å²) in [7, 11) is 0. The summed E-state index contributed by atoms with van der Waals surface area (Å²) in [4.78, 5) is 21.1. The number of benzene rings is 1. The maximum atomic E-state index is 11.8. The number of imidazole rings is 1. The van der Waals surface area contributed by atoms with Gasteiger partial charge < -0.3 is 14.6 Å². The van der Waals surface area contributed by atoms with Crippen LogP contribution in [0.2, 0.25) is 0 Å². The number of carbonyl (C=O) groups excluding carboxylic acids is 1. The number of nitrogens with zero attached hydrogens (tertiary/aromatic N) is 3. The summed E-state index contributed by atoms with van der Waals surface area (Å²) >= 11 is 0. The molecule has 1 N–H and O–H groups in total. The van der Waals surface area contributed by atoms with Crippen molar-refractivity contribution in [1.82, 2.24) is 19.9 Å². The van der Waals surface area contributed by atoms with E-state index in [1.165, 1.54) is 0 Å². The molecule has 6 heteroatoms. The molecule has 0 saturated heterocycles. The van der Waals surface area contributed by atoms with Crippen LogP contribution in [0.4, 0.5) is 4.79 Å². The number of carbonyl (C=O) groups is 1. The molecule has 1 amide bonds. The number of para-hydroxylation sites is 1. The molecule has 144 valence electrons. The second-order valence-corrected chi connectivity index (χ2v) is 7.72. The van der Waals surface area contributed by atoms with Gasteiger partial charge in [0.1, 0.15) is 16.9 Å². The third kappa shape index (κ3) is 4.56. The smallest absolute Gasteiger partial charge is 0.407 e. The molecule has 0 aliphatic rings. The molecule has 0 aliphatic heterocycles. The van der Waals surface area contributed by atoms with Crippen LogP contribution < -0.4 is 5.32 Å². The summed E-state index contributed by atoms with van der Waals surface area (Å²) in [5, 5.41) is 3.95. The van der Waals surface area contributed by atoms with E-state index in [-0.39, 0.29) is 6.09 Å². The van der Waals surface area contributed by atoms with Crippen molar-refractivity contribution in [3.63, 3.8) is 0 Å². The summed E-state index contributed by atoms with van der Waals surface area (Å²) in [6.07, 6.45) is 4.24. The van der Waals surface area contributed by atoms with E-state index in [4.69, 9.17) is 9.72 Å². The van der Waals surface area contributed by atoms with Crippen molar-refractivity contribution in [2.24, 2.45) is 0 Å². The van der Waals surface area contributed by atoms with Crippen LogP contribution in [0.15, 0.2) is 30.5 Å². The van der Waals surface area contributed by atoms with Gasteiger partial charge in [-0.05, 0) is 39.7 Å². The molecule has 1 aromatic carbocycles. The van der Waals surface area contributed by atoms with Crippen molar-refractivity contribution in [2.75, 3.05) is 6.54 Å². The number of hydrogen-bond donors (Lipinski definition) is 1. The fraction of sp³-hybridized carbons (Fsp3) is 0.476. The van der Waals surface area contributed by atoms with Crippen molar-refractivity contribution in [2.45, 2.75) is 59.1 Å². The predicted molar refractivity (Wildman–Crippen MR) is 108 cm³/mol. The molecular formula is C21H28N4O2. The summed E-state index contributed by atoms with van der Waals surface area (Å²) in [5.74, 6) is 1.07. The maximum absolute atomic E-state index is 11.8. The third-order valence-electron chi connectivity index (χ3n) is 4.26. The number of alkyl carbamates (subject to hydrolysis) is 1. The summed E-state index contributed by atoms with van der Waals surface area (Å²) in [5.41, 5.74) is 2.55. The molecule has 3 aromatic rings. The predicted octanol–water partition coefficient (Wildman–Crippen LogP) is 4.45. The third-order valence-corrected chi connectivity index (χ3v) is 4.26. The van der Waals surface area contributed by atoms with Gasteiger partial charge in [-0.3, -0.25) is 4.98 Å². The molecule has 6 nitrogen and oxygen atoms in total. The molecule has 0 radical (unpaired) electrons. The molecule has 2 aromatic heterocycles. The zero-order chi connectivity index (χ0) is 19.4. The quantitative estimate of drug-likeness (QED) is 0.653. The lowest BCUT2D eigenvalue weighted by Gasteiger charge is -2.19. The number of rotatable bonds is 6. The van der Waals surface area contributed by atoms with E-state index < -0.39 is 5.60 Å². The first-order chi connectivity index (χ1) is 12.9. The minimum atomic E-state index is -0.481. The number of aromatic nitrogens is 3. The van der Waals surface area contributed by atoms with Gasteiger partial charge in [-0.15, -0.1) is 0 Å². The number of ether oxygens (including phenoxy) is 1. The normalized spacial score (nSPS) is 11.9. The molecule has 0 spiro atoms. The van der Waals surface area contributed by atoms with E-state index in [0.717, 1.165) is 53.6 Å². The first-order valence-electron chi connectivity index (χ1n) is 9.59. The minimum absolute atomic E-state index is 0.374. The van der Waals surface area contributed by atoms with Crippen LogP contribution in [0.25, 0.3) is 21.9 Å². The number of amides is 1. The Labute approximate surface area is 159 Å². The standard InChI is InChI=1S/C21H28N4O2/c1-5-9-18-24-17-14-23-16-11-7-6-10-15(16)19(17)25(18)13-8-12-22-20(26)27-21(2,3)4/h6-7,10-11,14H,5,8-9,12-13H2,1-4H3,(H,22,26). The van der Waals surface area contributed by atoms with E-state index in [9.17, 15) is 4.79 Å². The van der Waals surface area contributed by atoms with Crippen molar-refractivity contribution in [1.29, 1.82) is 0 Å². The van der Waals surface area contributed by atoms with Gasteiger partial charge in [-0.1, -0.05) is 25.1 Å². The Bertz CT molecular complexity index is 940. The van der Waals surface area contributed by atoms with E-state index in [2.05, 4.69) is 27.9 Å². The van der Waals surface area contributed by atoms with Gasteiger partial charge in [-0.25, -0.2) is 9.78 Å². The molecule has 3 rings (SSSR count). The Morgan fingerprint density at radius 3 is 2.74 bits per heavy atom. The fourth-order valence-electron chi connectivity index (χ4n) is 3.21. The van der Waals surface area contributed by atoms with E-state index >= 15 is 0 Å². The summed E-state index contributed by atoms with van der Waals surface area (Å²) in [6.45, 7) is 9.09. The Morgan fingerprint density at radius 1 is 1.22 bits per heavy atom. The lowest BCUT2D eigenvalue weighted by Crippen LogP contribution is -2.33. The number of pyridine rings is 1. The summed E-state index contributed by atoms with van der Waals surface area (Å²) < 4.78 is 7.57. The van der Waals surface area contributed by atoms with Crippen molar-refractivity contribution in [3.8, 4) is 0 Å². The highest BCUT2D eigenvalue weighted by molar-refractivity contribution is 6.02. The van der Waals surface area contributed by atoms with Crippen molar-refractivity contribution >= 4 is 28.0 Å². The largest absolute Gasteiger partial charge is 0.444 e. The number of nitrogens with one attached hydrogen (secondary N) is 1. The molecule has 0 unspecified atom stereocenters. The Hall–Kier alpha value is -2.63. The topological polar surface area (TPSA) is 69.0 Å². The van der Waals surface area contributed by atoms with E-state index in [0.29, 0.717) is 6.54 Å². The van der Waals surface area contributed by atoms with Gasteiger partial charge in [0.25, 0.3) is 0 Å². The van der Waals surface area contributed by atoms with Gasteiger partial charge in [0.2, 0.25) is 0 Å². The molecule has 0 fully saturated rings. The Balaban J connectivity index is 1.79. The van der Waals surface area contributed by atoms with E-state index in [1.807, 2.05) is 45.2 Å². The van der Waals surface area contributed by atoms with Crippen LogP contribution in [0, 0.1) is 0 Å². The minimum Gasteiger partial charge on any atom is -0.444 e. The van der Waals surface area contributed by atoms with Crippen LogP contribution in [0.1, 0.15) is 46.4 Å². The molecule has 0 saturated carbocycles. The van der Waals surface area contributed by atoms with Gasteiger partial charge in [-0.2, -0.15) is 0 Å². The second-order valence-electron chi connectivity index (χ2n) is 7.72. The van der Waals surface area contributed by atoms with E-state index in [1.54, 1.807) is 0 Å². The zero-order valence-electron chi connectivity index (χ0n) is 16.6. The first-order valence-corrected chi connectivity index (χ1v) is 9.59. The van der Waals surface area contributed by atoms with Crippen molar-refractivity contribution in [3.05, 3.63) is 36.3 Å². The molecule has 2 heterocycles. The first kappa shape index (κ1) is 19.1. The van der Waals surface area contributed by atoms with Crippen molar-refractivity contribution < 1.29 is 9.53 Å². The molecule has 0 bridgehead atoms. The van der Waals surface area contributed by atoms with Crippen LogP contribution in [-0.4, -0.2) is 32.8 Å². The highest BCUT2D eigenvalue weighted by Gasteiger charge is 2.16. The monoisotopic (exact) mass is 368 g/mol. The number of hydrogen-bond acceptors (Lipinski definition) is 4. The van der Waals surface area contributed by atoms with Crippen LogP contribution >= 0.6 is 0 Å². The SMILES string of the molecule is CCCc1nc2cnc3ccccc3c2n1CCCNC(=O)OC(C)(C)C. The Morgan fingerprint density at radius 2 is 2.00 bits per heavy atom. The number of fused-ring (bicyclic) bond motifs is 3. The highest BCUT2D eigenvalue weighted by atomic mass is 16.6. The Kier molecular flexibility index (Phi) is 5.63. The molecule has 27 heavy (non-hydrogen) atoms. The molecular weight excluding hydrogens is 340 g/mol. The molecule has 0 aliphatic carbocycles. The van der Waals surface area contributed by atoms with Gasteiger partial charge >= 0.3 is 6.09 Å². The zero-order valence-corrected chi connectivity index (χ0v) is 16.6. The second kappa shape index (κ2) is 7.94. The maximum Gasteiger partial charge on any atom is 0.407 e. The molecule has 0 atom stereocenters. The van der Waals surface area contributed by atoms with Gasteiger partial charge in [0.15, 0.2) is 0 Å².